The van der Waals surface area contributed by atoms with Crippen LogP contribution in [0.15, 0.2) is 24.7 Å². The Morgan fingerprint density at radius 2 is 2.22 bits per heavy atom. The molecule has 0 amide bonds. The van der Waals surface area contributed by atoms with Gasteiger partial charge >= 0.3 is 0 Å². The fraction of sp³-hybridized carbons (Fsp3) is 0.667. The van der Waals surface area contributed by atoms with E-state index in [0.29, 0.717) is 18.1 Å². The summed E-state index contributed by atoms with van der Waals surface area (Å²) in [5.41, 5.74) is 1.39. The van der Waals surface area contributed by atoms with Crippen molar-refractivity contribution in [1.29, 1.82) is 0 Å². The molecule has 0 spiro atoms. The number of imidazole rings is 1. The highest BCUT2D eigenvalue weighted by atomic mass is 15.1. The highest BCUT2D eigenvalue weighted by Gasteiger charge is 2.24. The second-order valence-electron chi connectivity index (χ2n) is 5.72. The molecule has 0 radical (unpaired) electrons. The number of rotatable bonds is 2. The van der Waals surface area contributed by atoms with Crippen LogP contribution in [0.3, 0.4) is 0 Å². The predicted molar refractivity (Wildman–Crippen MR) is 73.4 cm³/mol. The molecular formula is C15H23N3. The van der Waals surface area contributed by atoms with Gasteiger partial charge in [0.25, 0.3) is 0 Å². The lowest BCUT2D eigenvalue weighted by molar-refractivity contribution is 0.319. The topological polar surface area (TPSA) is 29.9 Å². The molecule has 3 rings (SSSR count). The summed E-state index contributed by atoms with van der Waals surface area (Å²) in [5, 5.41) is 3.72. The molecule has 0 bridgehead atoms. The summed E-state index contributed by atoms with van der Waals surface area (Å²) in [7, 11) is 0. The summed E-state index contributed by atoms with van der Waals surface area (Å²) in [6, 6.07) is 1.76. The molecule has 3 nitrogen and oxygen atoms in total. The average molecular weight is 245 g/mol. The standard InChI is InChI=1S/C15H23N3/c1-12-6-5-9-14(17-12)15-10-16-11-18(15)13-7-3-2-4-8-13/h2-3,10-14,17H,4-9H2,1H3. The van der Waals surface area contributed by atoms with Crippen molar-refractivity contribution in [2.75, 3.05) is 0 Å². The molecule has 98 valence electrons. The minimum atomic E-state index is 0.502. The minimum absolute atomic E-state index is 0.502. The van der Waals surface area contributed by atoms with Crippen LogP contribution in [0, 0.1) is 0 Å². The van der Waals surface area contributed by atoms with Crippen molar-refractivity contribution in [3.05, 3.63) is 30.4 Å². The van der Waals surface area contributed by atoms with Crippen LogP contribution in [0.2, 0.25) is 0 Å². The van der Waals surface area contributed by atoms with E-state index in [1.165, 1.54) is 37.8 Å². The van der Waals surface area contributed by atoms with Crippen molar-refractivity contribution in [2.24, 2.45) is 0 Å². The molecule has 1 aliphatic carbocycles. The summed E-state index contributed by atoms with van der Waals surface area (Å²) >= 11 is 0. The summed E-state index contributed by atoms with van der Waals surface area (Å²) in [6.45, 7) is 2.29. The van der Waals surface area contributed by atoms with Gasteiger partial charge in [-0.25, -0.2) is 4.98 Å². The lowest BCUT2D eigenvalue weighted by Crippen LogP contribution is -2.36. The van der Waals surface area contributed by atoms with Gasteiger partial charge in [0.05, 0.1) is 12.0 Å². The van der Waals surface area contributed by atoms with Gasteiger partial charge in [-0.3, -0.25) is 0 Å². The summed E-state index contributed by atoms with van der Waals surface area (Å²) in [6.07, 6.45) is 16.2. The Morgan fingerprint density at radius 1 is 1.28 bits per heavy atom. The maximum absolute atomic E-state index is 4.40. The highest BCUT2D eigenvalue weighted by molar-refractivity contribution is 5.10. The Balaban J connectivity index is 1.80. The second kappa shape index (κ2) is 5.27. The minimum Gasteiger partial charge on any atom is -0.330 e. The molecule has 1 aromatic heterocycles. The van der Waals surface area contributed by atoms with Crippen LogP contribution in [0.1, 0.15) is 63.2 Å². The van der Waals surface area contributed by atoms with Crippen LogP contribution >= 0.6 is 0 Å². The van der Waals surface area contributed by atoms with Crippen LogP contribution in [0.25, 0.3) is 0 Å². The van der Waals surface area contributed by atoms with Crippen LogP contribution in [-0.4, -0.2) is 15.6 Å². The number of nitrogens with one attached hydrogen (secondary N) is 1. The van der Waals surface area contributed by atoms with E-state index in [1.54, 1.807) is 0 Å². The zero-order chi connectivity index (χ0) is 12.4. The zero-order valence-corrected chi connectivity index (χ0v) is 11.2. The van der Waals surface area contributed by atoms with Crippen molar-refractivity contribution in [3.63, 3.8) is 0 Å². The van der Waals surface area contributed by atoms with Crippen molar-refractivity contribution < 1.29 is 0 Å². The maximum Gasteiger partial charge on any atom is 0.0951 e. The Bertz CT molecular complexity index is 421. The summed E-state index contributed by atoms with van der Waals surface area (Å²) < 4.78 is 2.42. The molecule has 3 heteroatoms. The Labute approximate surface area is 109 Å². The molecule has 18 heavy (non-hydrogen) atoms. The number of hydrogen-bond acceptors (Lipinski definition) is 2. The van der Waals surface area contributed by atoms with Gasteiger partial charge < -0.3 is 9.88 Å². The van der Waals surface area contributed by atoms with Gasteiger partial charge in [0.1, 0.15) is 0 Å². The van der Waals surface area contributed by atoms with Crippen LogP contribution < -0.4 is 5.32 Å². The normalized spacial score (nSPS) is 32.6. The van der Waals surface area contributed by atoms with Crippen LogP contribution in [-0.2, 0) is 0 Å². The number of piperidine rings is 1. The Kier molecular flexibility index (Phi) is 3.50. The summed E-state index contributed by atoms with van der Waals surface area (Å²) in [5.74, 6) is 0. The van der Waals surface area contributed by atoms with Crippen molar-refractivity contribution >= 4 is 0 Å². The van der Waals surface area contributed by atoms with E-state index in [9.17, 15) is 0 Å². The van der Waals surface area contributed by atoms with Crippen LogP contribution in [0.5, 0.6) is 0 Å². The average Bonchev–Trinajstić information content (AvgIpc) is 2.89. The predicted octanol–water partition coefficient (Wildman–Crippen LogP) is 3.37. The quantitative estimate of drug-likeness (QED) is 0.810. The molecular weight excluding hydrogens is 222 g/mol. The fourth-order valence-electron chi connectivity index (χ4n) is 3.29. The third kappa shape index (κ3) is 2.37. The van der Waals surface area contributed by atoms with E-state index in [1.807, 2.05) is 6.33 Å². The molecule has 1 fully saturated rings. The largest absolute Gasteiger partial charge is 0.330 e. The van der Waals surface area contributed by atoms with Crippen LogP contribution in [0.4, 0.5) is 0 Å². The second-order valence-corrected chi connectivity index (χ2v) is 5.72. The molecule has 3 unspecified atom stereocenters. The molecule has 0 aromatic carbocycles. The zero-order valence-electron chi connectivity index (χ0n) is 11.2. The van der Waals surface area contributed by atoms with Gasteiger partial charge in [0.15, 0.2) is 0 Å². The number of allylic oxidation sites excluding steroid dienone is 2. The molecule has 1 aromatic rings. The van der Waals surface area contributed by atoms with Gasteiger partial charge in [0, 0.05) is 24.3 Å². The number of nitrogens with zero attached hydrogens (tertiary/aromatic N) is 2. The van der Waals surface area contributed by atoms with E-state index in [0.717, 1.165) is 6.42 Å². The Hall–Kier alpha value is -1.09. The first-order valence-electron chi connectivity index (χ1n) is 7.27. The first-order valence-corrected chi connectivity index (χ1v) is 7.27. The van der Waals surface area contributed by atoms with E-state index < -0.39 is 0 Å². The summed E-state index contributed by atoms with van der Waals surface area (Å²) in [4.78, 5) is 4.40. The SMILES string of the molecule is CC1CCCC(c2cncn2C2CC=CCC2)N1. The van der Waals surface area contributed by atoms with Gasteiger partial charge in [-0.1, -0.05) is 12.2 Å². The monoisotopic (exact) mass is 245 g/mol. The van der Waals surface area contributed by atoms with Crippen molar-refractivity contribution in [3.8, 4) is 0 Å². The number of aromatic nitrogens is 2. The molecule has 1 saturated heterocycles. The van der Waals surface area contributed by atoms with Crippen molar-refractivity contribution in [1.82, 2.24) is 14.9 Å². The van der Waals surface area contributed by atoms with Gasteiger partial charge in [-0.05, 0) is 45.4 Å². The third-order valence-electron chi connectivity index (χ3n) is 4.30. The molecule has 3 atom stereocenters. The molecule has 0 saturated carbocycles. The third-order valence-corrected chi connectivity index (χ3v) is 4.30. The van der Waals surface area contributed by atoms with E-state index in [4.69, 9.17) is 0 Å². The molecule has 2 heterocycles. The number of hydrogen-bond donors (Lipinski definition) is 1. The first-order chi connectivity index (χ1) is 8.84. The fourth-order valence-corrected chi connectivity index (χ4v) is 3.29. The van der Waals surface area contributed by atoms with Gasteiger partial charge in [0.2, 0.25) is 0 Å². The lowest BCUT2D eigenvalue weighted by Gasteiger charge is -2.31. The first kappa shape index (κ1) is 12.0. The molecule has 2 aliphatic rings. The van der Waals surface area contributed by atoms with E-state index in [2.05, 4.69) is 40.1 Å². The maximum atomic E-state index is 4.40. The lowest BCUT2D eigenvalue weighted by atomic mass is 9.96. The van der Waals surface area contributed by atoms with E-state index >= 15 is 0 Å². The van der Waals surface area contributed by atoms with Gasteiger partial charge in [-0.2, -0.15) is 0 Å². The highest BCUT2D eigenvalue weighted by Crippen LogP contribution is 2.30. The van der Waals surface area contributed by atoms with E-state index in [-0.39, 0.29) is 0 Å². The van der Waals surface area contributed by atoms with Crippen molar-refractivity contribution in [2.45, 2.75) is 63.6 Å². The Morgan fingerprint density at radius 3 is 3.00 bits per heavy atom. The molecule has 1 N–H and O–H groups in total. The smallest absolute Gasteiger partial charge is 0.0951 e. The van der Waals surface area contributed by atoms with Gasteiger partial charge in [-0.15, -0.1) is 0 Å². The molecule has 1 aliphatic heterocycles.